The van der Waals surface area contributed by atoms with Crippen LogP contribution in [0.2, 0.25) is 5.02 Å². The molecule has 0 atom stereocenters. The van der Waals surface area contributed by atoms with Crippen molar-refractivity contribution in [2.45, 2.75) is 19.4 Å². The molecule has 19 heavy (non-hydrogen) atoms. The largest absolute Gasteiger partial charge is 0.379 e. The van der Waals surface area contributed by atoms with Crippen LogP contribution < -0.4 is 10.6 Å². The molecule has 0 saturated carbocycles. The summed E-state index contributed by atoms with van der Waals surface area (Å²) < 4.78 is 0. The highest BCUT2D eigenvalue weighted by molar-refractivity contribution is 7.09. The van der Waals surface area contributed by atoms with Crippen LogP contribution >= 0.6 is 22.9 Å². The Morgan fingerprint density at radius 2 is 2.21 bits per heavy atom. The average molecular weight is 294 g/mol. The van der Waals surface area contributed by atoms with Gasteiger partial charge in [-0.05, 0) is 43.1 Å². The number of nitrogens with one attached hydrogen (secondary N) is 2. The molecule has 0 saturated heterocycles. The molecule has 0 amide bonds. The highest BCUT2D eigenvalue weighted by Gasteiger charge is 2.14. The van der Waals surface area contributed by atoms with E-state index < -0.39 is 0 Å². The summed E-state index contributed by atoms with van der Waals surface area (Å²) in [6.45, 7) is 2.85. The third-order valence-electron chi connectivity index (χ3n) is 3.40. The summed E-state index contributed by atoms with van der Waals surface area (Å²) in [5.41, 5.74) is 5.72. The molecule has 3 nitrogen and oxygen atoms in total. The minimum Gasteiger partial charge on any atom is -0.379 e. The van der Waals surface area contributed by atoms with E-state index in [1.807, 2.05) is 17.8 Å². The molecule has 1 aliphatic heterocycles. The van der Waals surface area contributed by atoms with Crippen LogP contribution in [0.15, 0.2) is 23.8 Å². The SMILES string of the molecule is Clc1ccc2c(c1NCc1cncs1)CCNCC2. The van der Waals surface area contributed by atoms with Crippen LogP contribution in [0.3, 0.4) is 0 Å². The Kier molecular flexibility index (Phi) is 4.01. The normalized spacial score (nSPS) is 14.8. The molecular weight excluding hydrogens is 278 g/mol. The summed E-state index contributed by atoms with van der Waals surface area (Å²) in [5.74, 6) is 0. The van der Waals surface area contributed by atoms with Gasteiger partial charge in [-0.2, -0.15) is 0 Å². The molecule has 0 radical (unpaired) electrons. The van der Waals surface area contributed by atoms with E-state index in [9.17, 15) is 0 Å². The number of aromatic nitrogens is 1. The monoisotopic (exact) mass is 293 g/mol. The van der Waals surface area contributed by atoms with Gasteiger partial charge in [-0.15, -0.1) is 11.3 Å². The van der Waals surface area contributed by atoms with Gasteiger partial charge in [0.2, 0.25) is 0 Å². The van der Waals surface area contributed by atoms with Crippen molar-refractivity contribution in [2.24, 2.45) is 0 Å². The maximum absolute atomic E-state index is 6.36. The van der Waals surface area contributed by atoms with Crippen molar-refractivity contribution in [1.29, 1.82) is 0 Å². The molecule has 0 fully saturated rings. The van der Waals surface area contributed by atoms with Crippen molar-refractivity contribution in [3.05, 3.63) is 44.9 Å². The van der Waals surface area contributed by atoms with Gasteiger partial charge >= 0.3 is 0 Å². The van der Waals surface area contributed by atoms with Crippen LogP contribution in [0.1, 0.15) is 16.0 Å². The van der Waals surface area contributed by atoms with Gasteiger partial charge in [0, 0.05) is 11.1 Å². The Morgan fingerprint density at radius 3 is 3.05 bits per heavy atom. The first kappa shape index (κ1) is 12.9. The fourth-order valence-corrected chi connectivity index (χ4v) is 3.22. The number of hydrogen-bond donors (Lipinski definition) is 2. The molecule has 1 aromatic heterocycles. The summed E-state index contributed by atoms with van der Waals surface area (Å²) in [6, 6.07) is 4.16. The minimum absolute atomic E-state index is 0.786. The smallest absolute Gasteiger partial charge is 0.0794 e. The summed E-state index contributed by atoms with van der Waals surface area (Å²) in [6.07, 6.45) is 4.00. The van der Waals surface area contributed by atoms with E-state index in [1.54, 1.807) is 11.3 Å². The predicted molar refractivity (Wildman–Crippen MR) is 81.2 cm³/mol. The molecule has 0 aliphatic carbocycles. The zero-order valence-electron chi connectivity index (χ0n) is 10.6. The maximum Gasteiger partial charge on any atom is 0.0794 e. The maximum atomic E-state index is 6.36. The lowest BCUT2D eigenvalue weighted by molar-refractivity contribution is 0.711. The Balaban J connectivity index is 1.86. The number of rotatable bonds is 3. The van der Waals surface area contributed by atoms with Crippen molar-refractivity contribution in [1.82, 2.24) is 10.3 Å². The van der Waals surface area contributed by atoms with E-state index in [-0.39, 0.29) is 0 Å². The number of benzene rings is 1. The zero-order chi connectivity index (χ0) is 13.1. The third-order valence-corrected chi connectivity index (χ3v) is 4.50. The van der Waals surface area contributed by atoms with Crippen LogP contribution in [0.5, 0.6) is 0 Å². The molecule has 0 spiro atoms. The van der Waals surface area contributed by atoms with Gasteiger partial charge in [0.15, 0.2) is 0 Å². The Labute approximate surface area is 122 Å². The number of nitrogens with zero attached hydrogens (tertiary/aromatic N) is 1. The van der Waals surface area contributed by atoms with Crippen LogP contribution in [-0.2, 0) is 19.4 Å². The highest BCUT2D eigenvalue weighted by atomic mass is 35.5. The number of thiazole rings is 1. The van der Waals surface area contributed by atoms with E-state index in [4.69, 9.17) is 11.6 Å². The topological polar surface area (TPSA) is 37.0 Å². The third kappa shape index (κ3) is 2.91. The Bertz CT molecular complexity index is 554. The second kappa shape index (κ2) is 5.90. The van der Waals surface area contributed by atoms with Crippen molar-refractivity contribution in [3.8, 4) is 0 Å². The molecule has 5 heteroatoms. The van der Waals surface area contributed by atoms with E-state index >= 15 is 0 Å². The van der Waals surface area contributed by atoms with E-state index in [1.165, 1.54) is 16.0 Å². The molecule has 1 aromatic carbocycles. The number of halogens is 1. The second-order valence-corrected chi connectivity index (χ2v) is 6.01. The Morgan fingerprint density at radius 1 is 1.32 bits per heavy atom. The van der Waals surface area contributed by atoms with Gasteiger partial charge in [-0.3, -0.25) is 4.98 Å². The van der Waals surface area contributed by atoms with Crippen molar-refractivity contribution in [2.75, 3.05) is 18.4 Å². The van der Waals surface area contributed by atoms with Gasteiger partial charge in [-0.1, -0.05) is 17.7 Å². The number of hydrogen-bond acceptors (Lipinski definition) is 4. The fraction of sp³-hybridized carbons (Fsp3) is 0.357. The van der Waals surface area contributed by atoms with Gasteiger partial charge in [0.1, 0.15) is 0 Å². The zero-order valence-corrected chi connectivity index (χ0v) is 12.2. The molecule has 100 valence electrons. The first-order chi connectivity index (χ1) is 9.34. The summed E-state index contributed by atoms with van der Waals surface area (Å²) in [5, 5.41) is 7.72. The van der Waals surface area contributed by atoms with Crippen LogP contribution in [-0.4, -0.2) is 18.1 Å². The molecule has 0 bridgehead atoms. The Hall–Kier alpha value is -1.10. The summed E-state index contributed by atoms with van der Waals surface area (Å²) in [7, 11) is 0. The summed E-state index contributed by atoms with van der Waals surface area (Å²) >= 11 is 8.02. The lowest BCUT2D eigenvalue weighted by Gasteiger charge is -2.15. The predicted octanol–water partition coefficient (Wildman–Crippen LogP) is 3.10. The molecule has 1 aliphatic rings. The van der Waals surface area contributed by atoms with Gasteiger partial charge in [0.05, 0.1) is 22.8 Å². The van der Waals surface area contributed by atoms with Gasteiger partial charge < -0.3 is 10.6 Å². The van der Waals surface area contributed by atoms with Gasteiger partial charge in [-0.25, -0.2) is 0 Å². The van der Waals surface area contributed by atoms with E-state index in [2.05, 4.69) is 21.7 Å². The molecular formula is C14H16ClN3S. The standard InChI is InChI=1S/C14H16ClN3S/c15-13-2-1-10-3-5-16-6-4-12(10)14(13)18-8-11-7-17-9-19-11/h1-2,7,9,16,18H,3-6,8H2. The van der Waals surface area contributed by atoms with Crippen molar-refractivity contribution in [3.63, 3.8) is 0 Å². The molecule has 0 unspecified atom stereocenters. The van der Waals surface area contributed by atoms with Crippen LogP contribution in [0.4, 0.5) is 5.69 Å². The second-order valence-electron chi connectivity index (χ2n) is 4.63. The van der Waals surface area contributed by atoms with E-state index in [0.717, 1.165) is 43.2 Å². The van der Waals surface area contributed by atoms with Crippen LogP contribution in [0.25, 0.3) is 0 Å². The first-order valence-corrected chi connectivity index (χ1v) is 7.72. The fourth-order valence-electron chi connectivity index (χ4n) is 2.44. The van der Waals surface area contributed by atoms with Crippen LogP contribution in [0, 0.1) is 0 Å². The number of fused-ring (bicyclic) bond motifs is 1. The van der Waals surface area contributed by atoms with Crippen molar-refractivity contribution >= 4 is 28.6 Å². The van der Waals surface area contributed by atoms with Gasteiger partial charge in [0.25, 0.3) is 0 Å². The van der Waals surface area contributed by atoms with E-state index in [0.29, 0.717) is 0 Å². The lowest BCUT2D eigenvalue weighted by Crippen LogP contribution is -2.16. The molecule has 2 heterocycles. The minimum atomic E-state index is 0.786. The summed E-state index contributed by atoms with van der Waals surface area (Å²) in [4.78, 5) is 5.32. The quantitative estimate of drug-likeness (QED) is 0.913. The average Bonchev–Trinajstić information content (AvgIpc) is 2.82. The lowest BCUT2D eigenvalue weighted by atomic mass is 10.0. The number of anilines is 1. The van der Waals surface area contributed by atoms with Crippen molar-refractivity contribution < 1.29 is 0 Å². The molecule has 2 N–H and O–H groups in total. The first-order valence-electron chi connectivity index (χ1n) is 6.47. The highest BCUT2D eigenvalue weighted by Crippen LogP contribution is 2.31. The molecule has 2 aromatic rings. The molecule has 3 rings (SSSR count).